The molecule has 3 rings (SSSR count). The number of halogens is 3. The predicted molar refractivity (Wildman–Crippen MR) is 104 cm³/mol. The number of fused-ring (bicyclic) bond motifs is 1. The van der Waals surface area contributed by atoms with Crippen molar-refractivity contribution in [3.05, 3.63) is 62.0 Å². The second-order valence-corrected chi connectivity index (χ2v) is 7.49. The third-order valence-electron chi connectivity index (χ3n) is 3.92. The third kappa shape index (κ3) is 3.92. The number of carbonyl (C=O) groups excluding carboxylic acids is 3. The van der Waals surface area contributed by atoms with Gasteiger partial charge in [0.2, 0.25) is 5.91 Å². The van der Waals surface area contributed by atoms with Crippen LogP contribution in [0.1, 0.15) is 33.6 Å². The largest absolute Gasteiger partial charge is 0.325 e. The lowest BCUT2D eigenvalue weighted by Gasteiger charge is -2.13. The summed E-state index contributed by atoms with van der Waals surface area (Å²) in [4.78, 5) is 37.9. The second kappa shape index (κ2) is 7.78. The van der Waals surface area contributed by atoms with E-state index in [2.05, 4.69) is 21.2 Å². The molecule has 2 aromatic rings. The molecule has 134 valence electrons. The van der Waals surface area contributed by atoms with E-state index < -0.39 is 0 Å². The molecule has 0 aromatic heterocycles. The van der Waals surface area contributed by atoms with Crippen molar-refractivity contribution in [1.82, 2.24) is 4.90 Å². The minimum Gasteiger partial charge on any atom is -0.325 e. The molecule has 1 heterocycles. The van der Waals surface area contributed by atoms with Crippen LogP contribution in [0.3, 0.4) is 0 Å². The molecule has 8 heteroatoms. The van der Waals surface area contributed by atoms with Crippen molar-refractivity contribution >= 4 is 62.5 Å². The van der Waals surface area contributed by atoms with Crippen molar-refractivity contribution in [3.63, 3.8) is 0 Å². The van der Waals surface area contributed by atoms with Gasteiger partial charge in [-0.05, 0) is 42.8 Å². The maximum absolute atomic E-state index is 12.4. The van der Waals surface area contributed by atoms with Crippen molar-refractivity contribution in [1.29, 1.82) is 0 Å². The van der Waals surface area contributed by atoms with Crippen LogP contribution in [0.4, 0.5) is 5.69 Å². The van der Waals surface area contributed by atoms with Gasteiger partial charge < -0.3 is 5.32 Å². The predicted octanol–water partition coefficient (Wildman–Crippen LogP) is 4.77. The van der Waals surface area contributed by atoms with Gasteiger partial charge in [0.15, 0.2) is 0 Å². The summed E-state index contributed by atoms with van der Waals surface area (Å²) < 4.78 is 0.735. The fourth-order valence-electron chi connectivity index (χ4n) is 2.67. The van der Waals surface area contributed by atoms with Crippen molar-refractivity contribution in [2.24, 2.45) is 0 Å². The summed E-state index contributed by atoms with van der Waals surface area (Å²) in [5.41, 5.74) is 1.23. The lowest BCUT2D eigenvalue weighted by molar-refractivity contribution is -0.116. The van der Waals surface area contributed by atoms with Crippen molar-refractivity contribution < 1.29 is 14.4 Å². The van der Waals surface area contributed by atoms with Crippen LogP contribution in [0.25, 0.3) is 0 Å². The highest BCUT2D eigenvalue weighted by Gasteiger charge is 2.35. The van der Waals surface area contributed by atoms with Crippen LogP contribution in [0.5, 0.6) is 0 Å². The lowest BCUT2D eigenvalue weighted by Crippen LogP contribution is -2.31. The van der Waals surface area contributed by atoms with E-state index in [0.29, 0.717) is 33.3 Å². The van der Waals surface area contributed by atoms with Gasteiger partial charge in [-0.25, -0.2) is 0 Å². The van der Waals surface area contributed by atoms with Gasteiger partial charge in [-0.3, -0.25) is 19.3 Å². The molecule has 26 heavy (non-hydrogen) atoms. The highest BCUT2D eigenvalue weighted by Crippen LogP contribution is 2.27. The smallest absolute Gasteiger partial charge is 0.261 e. The highest BCUT2D eigenvalue weighted by atomic mass is 79.9. The first-order valence-electron chi connectivity index (χ1n) is 7.77. The number of imide groups is 1. The van der Waals surface area contributed by atoms with E-state index in [1.807, 2.05) is 0 Å². The van der Waals surface area contributed by atoms with Crippen LogP contribution >= 0.6 is 39.1 Å². The Balaban J connectivity index is 1.56. The van der Waals surface area contributed by atoms with Gasteiger partial charge in [-0.2, -0.15) is 0 Å². The Bertz CT molecular complexity index is 917. The zero-order valence-corrected chi connectivity index (χ0v) is 16.5. The van der Waals surface area contributed by atoms with Gasteiger partial charge in [0.25, 0.3) is 11.8 Å². The van der Waals surface area contributed by atoms with E-state index in [1.165, 1.54) is 11.0 Å². The van der Waals surface area contributed by atoms with Crippen LogP contribution in [-0.2, 0) is 4.79 Å². The molecule has 0 atom stereocenters. The number of rotatable bonds is 5. The fraction of sp³-hybridized carbons (Fsp3) is 0.167. The normalized spacial score (nSPS) is 13.1. The molecule has 3 amide bonds. The first-order chi connectivity index (χ1) is 12.4. The lowest BCUT2D eigenvalue weighted by atomic mass is 10.1. The molecular formula is C18H13BrCl2N2O3. The fourth-order valence-corrected chi connectivity index (χ4v) is 3.48. The van der Waals surface area contributed by atoms with E-state index >= 15 is 0 Å². The van der Waals surface area contributed by atoms with Crippen LogP contribution in [0.15, 0.2) is 40.9 Å². The van der Waals surface area contributed by atoms with Gasteiger partial charge in [0.05, 0.1) is 21.8 Å². The Morgan fingerprint density at radius 1 is 1.04 bits per heavy atom. The van der Waals surface area contributed by atoms with E-state index in [4.69, 9.17) is 23.2 Å². The summed E-state index contributed by atoms with van der Waals surface area (Å²) in [6.45, 7) is 0.172. The minimum absolute atomic E-state index is 0.149. The molecule has 1 aliphatic heterocycles. The highest BCUT2D eigenvalue weighted by molar-refractivity contribution is 9.10. The summed E-state index contributed by atoms with van der Waals surface area (Å²) in [7, 11) is 0. The molecule has 0 aliphatic carbocycles. The summed E-state index contributed by atoms with van der Waals surface area (Å²) in [6.07, 6.45) is 0.500. The molecule has 0 saturated heterocycles. The zero-order valence-electron chi connectivity index (χ0n) is 13.4. The maximum atomic E-state index is 12.4. The van der Waals surface area contributed by atoms with Gasteiger partial charge in [-0.15, -0.1) is 0 Å². The SMILES string of the molecule is O=C(CCCN1C(=O)c2ccc(Br)cc2C1=O)Nc1ccc(Cl)cc1Cl. The van der Waals surface area contributed by atoms with E-state index in [0.717, 1.165) is 4.47 Å². The molecule has 1 N–H and O–H groups in total. The van der Waals surface area contributed by atoms with Gasteiger partial charge in [0, 0.05) is 22.5 Å². The molecule has 1 aliphatic rings. The molecule has 2 aromatic carbocycles. The molecular weight excluding hydrogens is 443 g/mol. The maximum Gasteiger partial charge on any atom is 0.261 e. The van der Waals surface area contributed by atoms with Gasteiger partial charge >= 0.3 is 0 Å². The monoisotopic (exact) mass is 454 g/mol. The van der Waals surface area contributed by atoms with Crippen molar-refractivity contribution in [2.45, 2.75) is 12.8 Å². The Morgan fingerprint density at radius 3 is 2.50 bits per heavy atom. The molecule has 0 spiro atoms. The summed E-state index contributed by atoms with van der Waals surface area (Å²) >= 11 is 15.1. The molecule has 0 bridgehead atoms. The first kappa shape index (κ1) is 18.9. The Kier molecular flexibility index (Phi) is 5.65. The van der Waals surface area contributed by atoms with Crippen molar-refractivity contribution in [2.75, 3.05) is 11.9 Å². The standard InChI is InChI=1S/C18H13BrCl2N2O3/c19-10-3-5-12-13(8-10)18(26)23(17(12)25)7-1-2-16(24)22-15-6-4-11(20)9-14(15)21/h3-6,8-9H,1-2,7H2,(H,22,24). The zero-order chi connectivity index (χ0) is 18.8. The average Bonchev–Trinajstić information content (AvgIpc) is 2.82. The number of benzene rings is 2. The molecule has 0 unspecified atom stereocenters. The topological polar surface area (TPSA) is 66.5 Å². The van der Waals surface area contributed by atoms with E-state index in [1.54, 1.807) is 30.3 Å². The summed E-state index contributed by atoms with van der Waals surface area (Å²) in [6, 6.07) is 9.75. The van der Waals surface area contributed by atoms with Crippen molar-refractivity contribution in [3.8, 4) is 0 Å². The van der Waals surface area contributed by atoms with Crippen LogP contribution in [0, 0.1) is 0 Å². The Hall–Kier alpha value is -1.89. The summed E-state index contributed by atoms with van der Waals surface area (Å²) in [5, 5.41) is 3.51. The molecule has 5 nitrogen and oxygen atoms in total. The number of nitrogens with zero attached hydrogens (tertiary/aromatic N) is 1. The van der Waals surface area contributed by atoms with E-state index in [9.17, 15) is 14.4 Å². The third-order valence-corrected chi connectivity index (χ3v) is 4.96. The number of carbonyl (C=O) groups is 3. The molecule has 0 radical (unpaired) electrons. The molecule has 0 fully saturated rings. The number of anilines is 1. The van der Waals surface area contributed by atoms with Gasteiger partial charge in [0.1, 0.15) is 0 Å². The molecule has 0 saturated carbocycles. The summed E-state index contributed by atoms with van der Waals surface area (Å²) in [5.74, 6) is -0.931. The Labute approximate surface area is 168 Å². The number of hydrogen-bond acceptors (Lipinski definition) is 3. The van der Waals surface area contributed by atoms with Crippen LogP contribution in [-0.4, -0.2) is 29.2 Å². The average molecular weight is 456 g/mol. The quantitative estimate of drug-likeness (QED) is 0.660. The first-order valence-corrected chi connectivity index (χ1v) is 9.32. The Morgan fingerprint density at radius 2 is 1.77 bits per heavy atom. The number of hydrogen-bond donors (Lipinski definition) is 1. The number of nitrogens with one attached hydrogen (secondary N) is 1. The van der Waals surface area contributed by atoms with Crippen LogP contribution in [0.2, 0.25) is 10.0 Å². The second-order valence-electron chi connectivity index (χ2n) is 5.73. The number of amides is 3. The van der Waals surface area contributed by atoms with E-state index in [-0.39, 0.29) is 30.7 Å². The minimum atomic E-state index is -0.340. The van der Waals surface area contributed by atoms with Crippen LogP contribution < -0.4 is 5.32 Å². The van der Waals surface area contributed by atoms with Gasteiger partial charge in [-0.1, -0.05) is 39.1 Å².